The number of hydrogen-bond acceptors (Lipinski definition) is 7. The molecule has 0 fully saturated rings. The van der Waals surface area contributed by atoms with Gasteiger partial charge in [-0.15, -0.1) is 0 Å². The van der Waals surface area contributed by atoms with Crippen LogP contribution in [0, 0.1) is 10.1 Å². The Balaban J connectivity index is 1.53. The average molecular weight is 474 g/mol. The van der Waals surface area contributed by atoms with Crippen LogP contribution in [0.25, 0.3) is 16.6 Å². The zero-order chi connectivity index (χ0) is 24.1. The molecule has 3 aromatic carbocycles. The number of hydrogen-bond donors (Lipinski definition) is 1. The molecule has 4 rings (SSSR count). The maximum Gasteiger partial charge on any atom is 0.269 e. The third kappa shape index (κ3) is 5.02. The van der Waals surface area contributed by atoms with Gasteiger partial charge in [0, 0.05) is 12.1 Å². The number of aromatic nitrogens is 2. The second kappa shape index (κ2) is 10.1. The van der Waals surface area contributed by atoms with E-state index in [1.807, 2.05) is 18.2 Å². The molecule has 10 heteroatoms. The molecule has 0 aliphatic carbocycles. The Hall–Kier alpha value is -4.31. The van der Waals surface area contributed by atoms with Crippen molar-refractivity contribution in [3.8, 4) is 5.69 Å². The Morgan fingerprint density at radius 3 is 2.44 bits per heavy atom. The minimum atomic E-state index is -0.481. The number of nitro benzene ring substituents is 1. The van der Waals surface area contributed by atoms with Gasteiger partial charge in [-0.3, -0.25) is 24.3 Å². The van der Waals surface area contributed by atoms with Gasteiger partial charge in [0.1, 0.15) is 0 Å². The van der Waals surface area contributed by atoms with E-state index in [-0.39, 0.29) is 22.9 Å². The summed E-state index contributed by atoms with van der Waals surface area (Å²) in [5.74, 6) is -0.400. The van der Waals surface area contributed by atoms with E-state index in [0.717, 1.165) is 11.8 Å². The first-order chi connectivity index (χ1) is 16.4. The number of non-ortho nitro benzene ring substituents is 1. The van der Waals surface area contributed by atoms with Crippen LogP contribution in [-0.4, -0.2) is 31.8 Å². The zero-order valence-corrected chi connectivity index (χ0v) is 18.9. The van der Waals surface area contributed by atoms with Gasteiger partial charge in [0.25, 0.3) is 17.2 Å². The lowest BCUT2D eigenvalue weighted by Gasteiger charge is -2.13. The number of carbonyl (C=O) groups is 1. The standard InChI is InChI=1S/C24H19N5O4S/c1-16(17-11-13-19(14-12-17)29(32)33)26-27-22(30)15-34-24-25-21-10-6-5-9-20(21)23(31)28(24)18-7-3-2-4-8-18/h2-14H,15H2,1H3,(H,27,30)/b26-16-. The molecule has 1 aromatic heterocycles. The molecule has 0 saturated heterocycles. The fourth-order valence-electron chi connectivity index (χ4n) is 3.21. The normalized spacial score (nSPS) is 11.4. The van der Waals surface area contributed by atoms with Crippen molar-refractivity contribution in [2.45, 2.75) is 12.1 Å². The quantitative estimate of drug-likeness (QED) is 0.143. The van der Waals surface area contributed by atoms with Crippen molar-refractivity contribution in [1.29, 1.82) is 0 Å². The first kappa shape index (κ1) is 22.9. The molecule has 0 aliphatic heterocycles. The fourth-order valence-corrected chi connectivity index (χ4v) is 4.02. The van der Waals surface area contributed by atoms with Crippen LogP contribution in [0.2, 0.25) is 0 Å². The van der Waals surface area contributed by atoms with Crippen molar-refractivity contribution < 1.29 is 9.72 Å². The SMILES string of the molecule is C/C(=N/NC(=O)CSc1nc2ccccc2c(=O)n1-c1ccccc1)c1ccc([N+](=O)[O-])cc1. The molecule has 0 unspecified atom stereocenters. The number of benzene rings is 3. The van der Waals surface area contributed by atoms with Crippen LogP contribution in [0.5, 0.6) is 0 Å². The van der Waals surface area contributed by atoms with Crippen molar-refractivity contribution in [2.24, 2.45) is 5.10 Å². The second-order valence-corrected chi connectivity index (χ2v) is 8.15. The van der Waals surface area contributed by atoms with Crippen LogP contribution in [0.15, 0.2) is 93.9 Å². The van der Waals surface area contributed by atoms with E-state index in [1.165, 1.54) is 16.7 Å². The maximum atomic E-state index is 13.2. The van der Waals surface area contributed by atoms with Gasteiger partial charge < -0.3 is 0 Å². The molecule has 1 N–H and O–H groups in total. The zero-order valence-electron chi connectivity index (χ0n) is 18.0. The highest BCUT2D eigenvalue weighted by Crippen LogP contribution is 2.21. The van der Waals surface area contributed by atoms with Crippen molar-refractivity contribution in [1.82, 2.24) is 15.0 Å². The van der Waals surface area contributed by atoms with Crippen LogP contribution in [0.4, 0.5) is 5.69 Å². The van der Waals surface area contributed by atoms with Gasteiger partial charge in [-0.2, -0.15) is 5.10 Å². The summed E-state index contributed by atoms with van der Waals surface area (Å²) in [6, 6.07) is 22.1. The number of rotatable bonds is 7. The molecule has 4 aromatic rings. The van der Waals surface area contributed by atoms with E-state index in [0.29, 0.717) is 33.0 Å². The Labute approximate surface area is 198 Å². The largest absolute Gasteiger partial charge is 0.272 e. The van der Waals surface area contributed by atoms with E-state index in [9.17, 15) is 19.7 Å². The second-order valence-electron chi connectivity index (χ2n) is 7.21. The number of nitrogens with zero attached hydrogens (tertiary/aromatic N) is 4. The van der Waals surface area contributed by atoms with Crippen molar-refractivity contribution in [3.05, 3.63) is 105 Å². The van der Waals surface area contributed by atoms with Crippen LogP contribution in [0.3, 0.4) is 0 Å². The molecule has 0 bridgehead atoms. The molecule has 34 heavy (non-hydrogen) atoms. The summed E-state index contributed by atoms with van der Waals surface area (Å²) in [7, 11) is 0. The lowest BCUT2D eigenvalue weighted by molar-refractivity contribution is -0.384. The molecular formula is C24H19N5O4S. The Bertz CT molecular complexity index is 1450. The predicted octanol–water partition coefficient (Wildman–Crippen LogP) is 3.93. The Morgan fingerprint density at radius 2 is 1.74 bits per heavy atom. The molecule has 1 amide bonds. The van der Waals surface area contributed by atoms with Crippen LogP contribution in [0.1, 0.15) is 12.5 Å². The average Bonchev–Trinajstić information content (AvgIpc) is 2.86. The van der Waals surface area contributed by atoms with Gasteiger partial charge in [0.15, 0.2) is 5.16 Å². The summed E-state index contributed by atoms with van der Waals surface area (Å²) >= 11 is 1.13. The van der Waals surface area contributed by atoms with E-state index >= 15 is 0 Å². The molecule has 0 atom stereocenters. The van der Waals surface area contributed by atoms with Gasteiger partial charge in [0.05, 0.1) is 33.0 Å². The summed E-state index contributed by atoms with van der Waals surface area (Å²) in [5, 5.41) is 15.7. The van der Waals surface area contributed by atoms with Crippen LogP contribution in [-0.2, 0) is 4.79 Å². The molecule has 0 saturated carbocycles. The van der Waals surface area contributed by atoms with Crippen molar-refractivity contribution in [3.63, 3.8) is 0 Å². The molecule has 0 spiro atoms. The van der Waals surface area contributed by atoms with Crippen LogP contribution >= 0.6 is 11.8 Å². The van der Waals surface area contributed by atoms with Gasteiger partial charge in [-0.25, -0.2) is 10.4 Å². The van der Waals surface area contributed by atoms with Crippen LogP contribution < -0.4 is 11.0 Å². The lowest BCUT2D eigenvalue weighted by atomic mass is 10.1. The van der Waals surface area contributed by atoms with Crippen molar-refractivity contribution >= 4 is 40.0 Å². The first-order valence-corrected chi connectivity index (χ1v) is 11.2. The highest BCUT2D eigenvalue weighted by Gasteiger charge is 2.14. The number of nitro groups is 1. The molecule has 170 valence electrons. The highest BCUT2D eigenvalue weighted by molar-refractivity contribution is 7.99. The van der Waals surface area contributed by atoms with Crippen molar-refractivity contribution in [2.75, 3.05) is 5.75 Å². The summed E-state index contributed by atoms with van der Waals surface area (Å²) in [5.41, 5.74) is 4.59. The predicted molar refractivity (Wildman–Crippen MR) is 132 cm³/mol. The van der Waals surface area contributed by atoms with Gasteiger partial charge in [-0.05, 0) is 48.9 Å². The fraction of sp³-hybridized carbons (Fsp3) is 0.0833. The Morgan fingerprint density at radius 1 is 1.06 bits per heavy atom. The first-order valence-electron chi connectivity index (χ1n) is 10.2. The number of fused-ring (bicyclic) bond motifs is 1. The van der Waals surface area contributed by atoms with Gasteiger partial charge in [0.2, 0.25) is 0 Å². The molecule has 9 nitrogen and oxygen atoms in total. The van der Waals surface area contributed by atoms with E-state index < -0.39 is 4.92 Å². The number of amides is 1. The number of para-hydroxylation sites is 2. The van der Waals surface area contributed by atoms with E-state index in [4.69, 9.17) is 0 Å². The number of hydrazone groups is 1. The van der Waals surface area contributed by atoms with Gasteiger partial charge >= 0.3 is 0 Å². The molecule has 0 aliphatic rings. The van der Waals surface area contributed by atoms with E-state index in [1.54, 1.807) is 55.5 Å². The third-order valence-corrected chi connectivity index (χ3v) is 5.87. The smallest absolute Gasteiger partial charge is 0.269 e. The lowest BCUT2D eigenvalue weighted by Crippen LogP contribution is -2.24. The molecule has 0 radical (unpaired) electrons. The summed E-state index contributed by atoms with van der Waals surface area (Å²) < 4.78 is 1.49. The molecule has 1 heterocycles. The third-order valence-electron chi connectivity index (χ3n) is 4.94. The van der Waals surface area contributed by atoms with E-state index in [2.05, 4.69) is 15.5 Å². The Kier molecular flexibility index (Phi) is 6.79. The summed E-state index contributed by atoms with van der Waals surface area (Å²) in [6.45, 7) is 1.69. The highest BCUT2D eigenvalue weighted by atomic mass is 32.2. The minimum absolute atomic E-state index is 0.0192. The number of thioether (sulfide) groups is 1. The summed E-state index contributed by atoms with van der Waals surface area (Å²) in [4.78, 5) is 40.5. The molecular weight excluding hydrogens is 454 g/mol. The topological polar surface area (TPSA) is 119 Å². The van der Waals surface area contributed by atoms with Gasteiger partial charge in [-0.1, -0.05) is 42.1 Å². The number of carbonyl (C=O) groups excluding carboxylic acids is 1. The monoisotopic (exact) mass is 473 g/mol. The summed E-state index contributed by atoms with van der Waals surface area (Å²) in [6.07, 6.45) is 0. The number of nitrogens with one attached hydrogen (secondary N) is 1. The maximum absolute atomic E-state index is 13.2. The minimum Gasteiger partial charge on any atom is -0.272 e.